The standard InChI is InChI=1S/C17H24N2O2/c1-14(16-7-5-15(12-18)6-8-16)19-9-3-10-20-13-17-4-2-11-21-17/h5-8,14,17,19H,2-4,9-11,13H2,1H3. The van der Waals surface area contributed by atoms with Gasteiger partial charge in [-0.05, 0) is 50.4 Å². The number of ether oxygens (including phenoxy) is 2. The van der Waals surface area contributed by atoms with Crippen LogP contribution in [0, 0.1) is 11.3 Å². The van der Waals surface area contributed by atoms with Gasteiger partial charge < -0.3 is 14.8 Å². The van der Waals surface area contributed by atoms with E-state index >= 15 is 0 Å². The summed E-state index contributed by atoms with van der Waals surface area (Å²) >= 11 is 0. The first-order valence-corrected chi connectivity index (χ1v) is 7.72. The zero-order valence-electron chi connectivity index (χ0n) is 12.7. The average molecular weight is 288 g/mol. The number of benzene rings is 1. The smallest absolute Gasteiger partial charge is 0.0991 e. The fraction of sp³-hybridized carbons (Fsp3) is 0.588. The highest BCUT2D eigenvalue weighted by Gasteiger charge is 2.14. The molecule has 1 aromatic rings. The Morgan fingerprint density at radius 1 is 1.43 bits per heavy atom. The normalized spacial score (nSPS) is 19.3. The summed E-state index contributed by atoms with van der Waals surface area (Å²) in [5.74, 6) is 0. The van der Waals surface area contributed by atoms with E-state index in [9.17, 15) is 0 Å². The second-order valence-electron chi connectivity index (χ2n) is 5.47. The Kier molecular flexibility index (Phi) is 6.68. The van der Waals surface area contributed by atoms with E-state index in [1.54, 1.807) is 0 Å². The van der Waals surface area contributed by atoms with Crippen LogP contribution in [-0.2, 0) is 9.47 Å². The van der Waals surface area contributed by atoms with Gasteiger partial charge in [-0.2, -0.15) is 5.26 Å². The van der Waals surface area contributed by atoms with Gasteiger partial charge in [-0.1, -0.05) is 12.1 Å². The summed E-state index contributed by atoms with van der Waals surface area (Å²) in [6, 6.07) is 10.2. The van der Waals surface area contributed by atoms with Crippen LogP contribution >= 0.6 is 0 Å². The Bertz CT molecular complexity index is 447. The summed E-state index contributed by atoms with van der Waals surface area (Å²) in [7, 11) is 0. The predicted octanol–water partition coefficient (Wildman–Crippen LogP) is 2.79. The van der Waals surface area contributed by atoms with E-state index in [0.29, 0.717) is 11.7 Å². The molecule has 0 saturated carbocycles. The molecule has 2 unspecified atom stereocenters. The van der Waals surface area contributed by atoms with Crippen molar-refractivity contribution in [3.63, 3.8) is 0 Å². The maximum Gasteiger partial charge on any atom is 0.0991 e. The molecule has 0 spiro atoms. The van der Waals surface area contributed by atoms with Crippen molar-refractivity contribution >= 4 is 0 Å². The van der Waals surface area contributed by atoms with Gasteiger partial charge in [0.1, 0.15) is 0 Å². The summed E-state index contributed by atoms with van der Waals surface area (Å²) in [5, 5.41) is 12.3. The third-order valence-corrected chi connectivity index (χ3v) is 3.78. The maximum atomic E-state index is 8.78. The maximum absolute atomic E-state index is 8.78. The van der Waals surface area contributed by atoms with E-state index in [1.807, 2.05) is 24.3 Å². The zero-order chi connectivity index (χ0) is 14.9. The highest BCUT2D eigenvalue weighted by atomic mass is 16.5. The van der Waals surface area contributed by atoms with Crippen LogP contribution in [0.5, 0.6) is 0 Å². The molecule has 0 bridgehead atoms. The fourth-order valence-corrected chi connectivity index (χ4v) is 2.45. The molecule has 0 aliphatic carbocycles. The lowest BCUT2D eigenvalue weighted by Crippen LogP contribution is -2.22. The highest BCUT2D eigenvalue weighted by molar-refractivity contribution is 5.32. The number of hydrogen-bond donors (Lipinski definition) is 1. The molecule has 0 aromatic heterocycles. The molecule has 0 amide bonds. The largest absolute Gasteiger partial charge is 0.379 e. The van der Waals surface area contributed by atoms with Crippen LogP contribution in [-0.4, -0.2) is 32.5 Å². The number of hydrogen-bond acceptors (Lipinski definition) is 4. The highest BCUT2D eigenvalue weighted by Crippen LogP contribution is 2.13. The SMILES string of the molecule is CC(NCCCOCC1CCCO1)c1ccc(C#N)cc1. The molecule has 1 heterocycles. The minimum absolute atomic E-state index is 0.288. The summed E-state index contributed by atoms with van der Waals surface area (Å²) < 4.78 is 11.1. The Balaban J connectivity index is 1.56. The molecule has 2 rings (SSSR count). The minimum atomic E-state index is 0.288. The van der Waals surface area contributed by atoms with Crippen molar-refractivity contribution in [2.24, 2.45) is 0 Å². The monoisotopic (exact) mass is 288 g/mol. The van der Waals surface area contributed by atoms with E-state index < -0.39 is 0 Å². The van der Waals surface area contributed by atoms with Crippen molar-refractivity contribution in [2.45, 2.75) is 38.3 Å². The second kappa shape index (κ2) is 8.78. The van der Waals surface area contributed by atoms with Gasteiger partial charge in [0.15, 0.2) is 0 Å². The third kappa shape index (κ3) is 5.47. The van der Waals surface area contributed by atoms with Crippen LogP contribution in [0.15, 0.2) is 24.3 Å². The van der Waals surface area contributed by atoms with Gasteiger partial charge in [0.2, 0.25) is 0 Å². The van der Waals surface area contributed by atoms with Crippen molar-refractivity contribution in [1.82, 2.24) is 5.32 Å². The zero-order valence-corrected chi connectivity index (χ0v) is 12.7. The lowest BCUT2D eigenvalue weighted by molar-refractivity contribution is 0.0165. The first-order valence-electron chi connectivity index (χ1n) is 7.72. The van der Waals surface area contributed by atoms with Crippen LogP contribution in [0.25, 0.3) is 0 Å². The topological polar surface area (TPSA) is 54.3 Å². The van der Waals surface area contributed by atoms with Crippen molar-refractivity contribution in [3.05, 3.63) is 35.4 Å². The third-order valence-electron chi connectivity index (χ3n) is 3.78. The number of nitrogens with zero attached hydrogens (tertiary/aromatic N) is 1. The molecule has 21 heavy (non-hydrogen) atoms. The summed E-state index contributed by atoms with van der Waals surface area (Å²) in [4.78, 5) is 0. The van der Waals surface area contributed by atoms with E-state index in [1.165, 1.54) is 5.56 Å². The van der Waals surface area contributed by atoms with Crippen LogP contribution in [0.1, 0.15) is 43.4 Å². The van der Waals surface area contributed by atoms with Gasteiger partial charge in [-0.3, -0.25) is 0 Å². The van der Waals surface area contributed by atoms with Gasteiger partial charge in [0, 0.05) is 19.3 Å². The van der Waals surface area contributed by atoms with Crippen LogP contribution in [0.3, 0.4) is 0 Å². The molecular weight excluding hydrogens is 264 g/mol. The molecule has 1 aromatic carbocycles. The molecule has 4 nitrogen and oxygen atoms in total. The Labute approximate surface area is 127 Å². The van der Waals surface area contributed by atoms with E-state index in [0.717, 1.165) is 45.6 Å². The molecule has 1 N–H and O–H groups in total. The second-order valence-corrected chi connectivity index (χ2v) is 5.47. The summed E-state index contributed by atoms with van der Waals surface area (Å²) in [6.45, 7) is 5.44. The quantitative estimate of drug-likeness (QED) is 0.747. The van der Waals surface area contributed by atoms with Gasteiger partial charge in [-0.15, -0.1) is 0 Å². The van der Waals surface area contributed by atoms with Gasteiger partial charge in [-0.25, -0.2) is 0 Å². The summed E-state index contributed by atoms with van der Waals surface area (Å²) in [6.07, 6.45) is 3.61. The predicted molar refractivity (Wildman–Crippen MR) is 82.0 cm³/mol. The molecule has 2 atom stereocenters. The van der Waals surface area contributed by atoms with Crippen LogP contribution in [0.4, 0.5) is 0 Å². The lowest BCUT2D eigenvalue weighted by atomic mass is 10.1. The minimum Gasteiger partial charge on any atom is -0.379 e. The molecule has 1 saturated heterocycles. The number of rotatable bonds is 8. The van der Waals surface area contributed by atoms with E-state index in [2.05, 4.69) is 18.3 Å². The first-order chi connectivity index (χ1) is 10.3. The number of nitrogens with one attached hydrogen (secondary N) is 1. The van der Waals surface area contributed by atoms with Crippen molar-refractivity contribution in [1.29, 1.82) is 5.26 Å². The molecule has 1 fully saturated rings. The van der Waals surface area contributed by atoms with Crippen molar-refractivity contribution in [2.75, 3.05) is 26.4 Å². The Hall–Kier alpha value is -1.41. The van der Waals surface area contributed by atoms with Gasteiger partial charge in [0.05, 0.1) is 24.3 Å². The fourth-order valence-electron chi connectivity index (χ4n) is 2.45. The van der Waals surface area contributed by atoms with Gasteiger partial charge >= 0.3 is 0 Å². The number of nitriles is 1. The summed E-state index contributed by atoms with van der Waals surface area (Å²) in [5.41, 5.74) is 1.91. The molecule has 0 radical (unpaired) electrons. The van der Waals surface area contributed by atoms with Crippen molar-refractivity contribution in [3.8, 4) is 6.07 Å². The van der Waals surface area contributed by atoms with Crippen molar-refractivity contribution < 1.29 is 9.47 Å². The Morgan fingerprint density at radius 3 is 2.90 bits per heavy atom. The van der Waals surface area contributed by atoms with Crippen LogP contribution in [0.2, 0.25) is 0 Å². The molecule has 1 aliphatic rings. The van der Waals surface area contributed by atoms with Crippen LogP contribution < -0.4 is 5.32 Å². The van der Waals surface area contributed by atoms with E-state index in [-0.39, 0.29) is 6.04 Å². The average Bonchev–Trinajstić information content (AvgIpc) is 3.04. The Morgan fingerprint density at radius 2 is 2.24 bits per heavy atom. The molecule has 114 valence electrons. The lowest BCUT2D eigenvalue weighted by Gasteiger charge is -2.15. The first kappa shape index (κ1) is 16.0. The molecule has 1 aliphatic heterocycles. The molecular formula is C17H24N2O2. The van der Waals surface area contributed by atoms with E-state index in [4.69, 9.17) is 14.7 Å². The molecule has 4 heteroatoms. The van der Waals surface area contributed by atoms with Gasteiger partial charge in [0.25, 0.3) is 0 Å².